The summed E-state index contributed by atoms with van der Waals surface area (Å²) in [5.41, 5.74) is 0.903. The number of carbonyl (C=O) groups is 3. The molecule has 2 N–H and O–H groups in total. The van der Waals surface area contributed by atoms with Crippen LogP contribution in [0.5, 0.6) is 5.75 Å². The highest BCUT2D eigenvalue weighted by molar-refractivity contribution is 6.08. The van der Waals surface area contributed by atoms with E-state index >= 15 is 0 Å². The molecule has 146 valence electrons. The van der Waals surface area contributed by atoms with E-state index in [1.807, 2.05) is 0 Å². The van der Waals surface area contributed by atoms with E-state index in [4.69, 9.17) is 9.47 Å². The normalized spacial score (nSPS) is 13.9. The molecule has 28 heavy (non-hydrogen) atoms. The van der Waals surface area contributed by atoms with Gasteiger partial charge in [-0.3, -0.25) is 9.59 Å². The van der Waals surface area contributed by atoms with Crippen molar-refractivity contribution in [2.75, 3.05) is 12.4 Å². The van der Waals surface area contributed by atoms with E-state index in [9.17, 15) is 14.4 Å². The van der Waals surface area contributed by atoms with Crippen molar-refractivity contribution in [3.05, 3.63) is 59.7 Å². The molecular formula is C21H22N2O5. The minimum atomic E-state index is -0.918. The summed E-state index contributed by atoms with van der Waals surface area (Å²) in [6.07, 6.45) is 0.984. The molecule has 3 rings (SSSR count). The zero-order chi connectivity index (χ0) is 20.1. The first-order valence-corrected chi connectivity index (χ1v) is 9.03. The fourth-order valence-corrected chi connectivity index (χ4v) is 2.53. The van der Waals surface area contributed by atoms with E-state index in [0.29, 0.717) is 17.0 Å². The van der Waals surface area contributed by atoms with Crippen molar-refractivity contribution in [2.45, 2.75) is 31.9 Å². The molecular weight excluding hydrogens is 360 g/mol. The molecule has 0 unspecified atom stereocenters. The first kappa shape index (κ1) is 19.4. The van der Waals surface area contributed by atoms with Crippen LogP contribution in [0.3, 0.4) is 0 Å². The molecule has 1 atom stereocenters. The highest BCUT2D eigenvalue weighted by atomic mass is 16.5. The topological polar surface area (TPSA) is 93.7 Å². The minimum absolute atomic E-state index is 0.176. The standard InChI is InChI=1S/C21H22N2O5/c1-13(19(24)22-15-9-10-15)28-21(26)17-5-3-4-6-18(17)23-20(25)14-7-11-16(27-2)12-8-14/h3-8,11-13,15H,9-10H2,1-2H3,(H,22,24)(H,23,25)/t13-/m1/s1. The first-order chi connectivity index (χ1) is 13.5. The van der Waals surface area contributed by atoms with Gasteiger partial charge in [-0.2, -0.15) is 0 Å². The van der Waals surface area contributed by atoms with Crippen LogP contribution in [0.1, 0.15) is 40.5 Å². The van der Waals surface area contributed by atoms with Crippen LogP contribution >= 0.6 is 0 Å². The molecule has 1 saturated carbocycles. The van der Waals surface area contributed by atoms with E-state index in [1.54, 1.807) is 49.6 Å². The number of benzene rings is 2. The Morgan fingerprint density at radius 3 is 2.36 bits per heavy atom. The lowest BCUT2D eigenvalue weighted by Crippen LogP contribution is -2.37. The quantitative estimate of drug-likeness (QED) is 0.718. The summed E-state index contributed by atoms with van der Waals surface area (Å²) in [7, 11) is 1.54. The summed E-state index contributed by atoms with van der Waals surface area (Å²) in [4.78, 5) is 37.0. The summed E-state index contributed by atoms with van der Waals surface area (Å²) in [5.74, 6) is -0.735. The number of methoxy groups -OCH3 is 1. The molecule has 1 aliphatic rings. The SMILES string of the molecule is COc1ccc(C(=O)Nc2ccccc2C(=O)O[C@H](C)C(=O)NC2CC2)cc1. The Hall–Kier alpha value is -3.35. The lowest BCUT2D eigenvalue weighted by atomic mass is 10.1. The molecule has 0 aromatic heterocycles. The number of amides is 2. The molecule has 0 radical (unpaired) electrons. The summed E-state index contributed by atoms with van der Waals surface area (Å²) in [6, 6.07) is 13.3. The average Bonchev–Trinajstić information content (AvgIpc) is 3.52. The second kappa shape index (κ2) is 8.56. The third-order valence-electron chi connectivity index (χ3n) is 4.32. The molecule has 0 bridgehead atoms. The lowest BCUT2D eigenvalue weighted by molar-refractivity contribution is -0.129. The molecule has 7 heteroatoms. The summed E-state index contributed by atoms with van der Waals surface area (Å²) >= 11 is 0. The summed E-state index contributed by atoms with van der Waals surface area (Å²) in [6.45, 7) is 1.52. The van der Waals surface area contributed by atoms with Crippen LogP contribution in [0.4, 0.5) is 5.69 Å². The zero-order valence-electron chi connectivity index (χ0n) is 15.7. The van der Waals surface area contributed by atoms with Crippen LogP contribution in [0.15, 0.2) is 48.5 Å². The highest BCUT2D eigenvalue weighted by Crippen LogP contribution is 2.21. The Bertz CT molecular complexity index is 875. The van der Waals surface area contributed by atoms with Crippen molar-refractivity contribution in [1.82, 2.24) is 5.32 Å². The van der Waals surface area contributed by atoms with Gasteiger partial charge in [0.1, 0.15) is 5.75 Å². The number of para-hydroxylation sites is 1. The van der Waals surface area contributed by atoms with Crippen LogP contribution in [-0.4, -0.2) is 37.0 Å². The molecule has 0 aliphatic heterocycles. The molecule has 1 fully saturated rings. The Morgan fingerprint density at radius 2 is 1.71 bits per heavy atom. The van der Waals surface area contributed by atoms with Gasteiger partial charge in [-0.15, -0.1) is 0 Å². The van der Waals surface area contributed by atoms with Gasteiger partial charge in [-0.25, -0.2) is 4.79 Å². The summed E-state index contributed by atoms with van der Waals surface area (Å²) < 4.78 is 10.3. The second-order valence-corrected chi connectivity index (χ2v) is 6.56. The highest BCUT2D eigenvalue weighted by Gasteiger charge is 2.28. The zero-order valence-corrected chi connectivity index (χ0v) is 15.7. The third-order valence-corrected chi connectivity index (χ3v) is 4.32. The van der Waals surface area contributed by atoms with Crippen LogP contribution in [0.2, 0.25) is 0 Å². The van der Waals surface area contributed by atoms with Gasteiger partial charge in [0, 0.05) is 11.6 Å². The molecule has 0 spiro atoms. The maximum atomic E-state index is 12.5. The smallest absolute Gasteiger partial charge is 0.341 e. The van der Waals surface area contributed by atoms with Crippen LogP contribution in [0, 0.1) is 0 Å². The predicted octanol–water partition coefficient (Wildman–Crippen LogP) is 2.77. The molecule has 2 aromatic rings. The number of ether oxygens (including phenoxy) is 2. The van der Waals surface area contributed by atoms with Gasteiger partial charge in [-0.1, -0.05) is 12.1 Å². The molecule has 7 nitrogen and oxygen atoms in total. The lowest BCUT2D eigenvalue weighted by Gasteiger charge is -2.15. The van der Waals surface area contributed by atoms with Crippen molar-refractivity contribution < 1.29 is 23.9 Å². The maximum Gasteiger partial charge on any atom is 0.341 e. The number of anilines is 1. The number of rotatable bonds is 7. The fraction of sp³-hybridized carbons (Fsp3) is 0.286. The fourth-order valence-electron chi connectivity index (χ4n) is 2.53. The third kappa shape index (κ3) is 4.88. The van der Waals surface area contributed by atoms with Gasteiger partial charge in [-0.05, 0) is 56.2 Å². The Labute approximate surface area is 163 Å². The Balaban J connectivity index is 1.68. The van der Waals surface area contributed by atoms with E-state index in [0.717, 1.165) is 12.8 Å². The van der Waals surface area contributed by atoms with E-state index in [2.05, 4.69) is 10.6 Å². The number of esters is 1. The molecule has 0 heterocycles. The van der Waals surface area contributed by atoms with Gasteiger partial charge in [0.05, 0.1) is 18.4 Å². The maximum absolute atomic E-state index is 12.5. The van der Waals surface area contributed by atoms with Gasteiger partial charge >= 0.3 is 5.97 Å². The van der Waals surface area contributed by atoms with Gasteiger partial charge in [0.15, 0.2) is 6.10 Å². The van der Waals surface area contributed by atoms with Crippen molar-refractivity contribution in [3.8, 4) is 5.75 Å². The van der Waals surface area contributed by atoms with E-state index in [1.165, 1.54) is 13.0 Å². The number of carbonyl (C=O) groups excluding carboxylic acids is 3. The largest absolute Gasteiger partial charge is 0.497 e. The molecule has 2 aromatic carbocycles. The van der Waals surface area contributed by atoms with E-state index < -0.39 is 12.1 Å². The van der Waals surface area contributed by atoms with Gasteiger partial charge in [0.2, 0.25) is 0 Å². The summed E-state index contributed by atoms with van der Waals surface area (Å²) in [5, 5.41) is 5.50. The van der Waals surface area contributed by atoms with Crippen molar-refractivity contribution >= 4 is 23.5 Å². The van der Waals surface area contributed by atoms with Crippen LogP contribution < -0.4 is 15.4 Å². The predicted molar refractivity (Wildman–Crippen MR) is 103 cm³/mol. The van der Waals surface area contributed by atoms with E-state index in [-0.39, 0.29) is 23.4 Å². The van der Waals surface area contributed by atoms with Gasteiger partial charge in [0.25, 0.3) is 11.8 Å². The monoisotopic (exact) mass is 382 g/mol. The molecule has 1 aliphatic carbocycles. The molecule has 0 saturated heterocycles. The number of hydrogen-bond donors (Lipinski definition) is 2. The van der Waals surface area contributed by atoms with Crippen LogP contribution in [0.25, 0.3) is 0 Å². The first-order valence-electron chi connectivity index (χ1n) is 9.03. The average molecular weight is 382 g/mol. The number of nitrogens with one attached hydrogen (secondary N) is 2. The second-order valence-electron chi connectivity index (χ2n) is 6.56. The van der Waals surface area contributed by atoms with Gasteiger partial charge < -0.3 is 20.1 Å². The Morgan fingerprint density at radius 1 is 1.04 bits per heavy atom. The number of hydrogen-bond acceptors (Lipinski definition) is 5. The minimum Gasteiger partial charge on any atom is -0.497 e. The molecule has 2 amide bonds. The van der Waals surface area contributed by atoms with Crippen molar-refractivity contribution in [3.63, 3.8) is 0 Å². The van der Waals surface area contributed by atoms with Crippen molar-refractivity contribution in [2.24, 2.45) is 0 Å². The van der Waals surface area contributed by atoms with Crippen molar-refractivity contribution in [1.29, 1.82) is 0 Å². The van der Waals surface area contributed by atoms with Crippen LogP contribution in [-0.2, 0) is 9.53 Å². The Kier molecular flexibility index (Phi) is 5.93.